The Bertz CT molecular complexity index is 865. The molecule has 0 aliphatic carbocycles. The van der Waals surface area contributed by atoms with Gasteiger partial charge in [-0.15, -0.1) is 0 Å². The lowest BCUT2D eigenvalue weighted by molar-refractivity contribution is -0.118. The Balaban J connectivity index is 2.03. The highest BCUT2D eigenvalue weighted by molar-refractivity contribution is 5.84. The van der Waals surface area contributed by atoms with Crippen molar-refractivity contribution in [3.63, 3.8) is 0 Å². The maximum atomic E-state index is 12.3. The second-order valence-electron chi connectivity index (χ2n) is 4.00. The molecular formula is C15H17N3O. The summed E-state index contributed by atoms with van der Waals surface area (Å²) in [4.78, 5) is 12.6. The summed E-state index contributed by atoms with van der Waals surface area (Å²) in [6.07, 6.45) is -5.19. The van der Waals surface area contributed by atoms with Crippen LogP contribution < -0.4 is 4.90 Å². The van der Waals surface area contributed by atoms with Crippen molar-refractivity contribution in [2.75, 3.05) is 17.9 Å². The number of aromatic nitrogens is 2. The van der Waals surface area contributed by atoms with Gasteiger partial charge >= 0.3 is 0 Å². The summed E-state index contributed by atoms with van der Waals surface area (Å²) < 4.78 is 64.6. The summed E-state index contributed by atoms with van der Waals surface area (Å²) in [5.74, 6) is -1.98. The fourth-order valence-corrected chi connectivity index (χ4v) is 1.74. The van der Waals surface area contributed by atoms with Crippen molar-refractivity contribution in [1.82, 2.24) is 9.78 Å². The van der Waals surface area contributed by atoms with Crippen molar-refractivity contribution in [3.05, 3.63) is 48.2 Å². The minimum absolute atomic E-state index is 0.283. The molecule has 2 heterocycles. The van der Waals surface area contributed by atoms with E-state index >= 15 is 0 Å². The first-order valence-electron chi connectivity index (χ1n) is 9.76. The minimum atomic E-state index is -3.34. The number of rotatable bonds is 3. The lowest BCUT2D eigenvalue weighted by Gasteiger charge is -2.25. The van der Waals surface area contributed by atoms with Crippen LogP contribution >= 0.6 is 0 Å². The van der Waals surface area contributed by atoms with Crippen LogP contribution in [-0.2, 0) is 11.3 Å². The second kappa shape index (κ2) is 5.26. The van der Waals surface area contributed by atoms with Gasteiger partial charge in [0.25, 0.3) is 0 Å². The number of Topliss-reactive ketones (excluding diaryl/α,β-unsaturated/α-hetero) is 1. The van der Waals surface area contributed by atoms with Gasteiger partial charge in [0.15, 0.2) is 11.6 Å². The number of hydrogen-bond acceptors (Lipinski definition) is 3. The average molecular weight is 263 g/mol. The average Bonchev–Trinajstić information content (AvgIpc) is 3.01. The van der Waals surface area contributed by atoms with Crippen LogP contribution in [0.2, 0.25) is 0 Å². The van der Waals surface area contributed by atoms with Crippen molar-refractivity contribution in [1.29, 1.82) is 0 Å². The maximum absolute atomic E-state index is 12.3. The summed E-state index contributed by atoms with van der Waals surface area (Å²) in [6.45, 7) is -5.98. The third-order valence-electron chi connectivity index (χ3n) is 2.60. The smallest absolute Gasteiger partial charge is 0.152 e. The number of anilines is 1. The third kappa shape index (κ3) is 2.84. The second-order valence-corrected chi connectivity index (χ2v) is 4.00. The summed E-state index contributed by atoms with van der Waals surface area (Å²) >= 11 is 0. The molecule has 0 atom stereocenters. The van der Waals surface area contributed by atoms with Crippen LogP contribution in [0.4, 0.5) is 5.82 Å². The van der Waals surface area contributed by atoms with E-state index in [4.69, 9.17) is 11.0 Å². The lowest BCUT2D eigenvalue weighted by atomic mass is 10.1. The van der Waals surface area contributed by atoms with Gasteiger partial charge in [-0.2, -0.15) is 5.10 Å². The standard InChI is InChI=1S/C15H17N3O/c19-14-7-4-9-17(12-14)15-8-10-18(16-15)11-13-5-2-1-3-6-13/h1-3,5-6,8,10H,4,7,9,11-12H2/i4D2,7D2,9D2,12D2. The molecule has 0 radical (unpaired) electrons. The van der Waals surface area contributed by atoms with Crippen molar-refractivity contribution < 1.29 is 15.8 Å². The van der Waals surface area contributed by atoms with Gasteiger partial charge in [-0.3, -0.25) is 9.48 Å². The zero-order valence-electron chi connectivity index (χ0n) is 18.0. The lowest BCUT2D eigenvalue weighted by Crippen LogP contribution is -2.35. The van der Waals surface area contributed by atoms with Crippen molar-refractivity contribution in [3.8, 4) is 0 Å². The zero-order chi connectivity index (χ0) is 20.3. The van der Waals surface area contributed by atoms with Crippen molar-refractivity contribution in [2.24, 2.45) is 0 Å². The van der Waals surface area contributed by atoms with Gasteiger partial charge in [0.2, 0.25) is 0 Å². The number of hydrogen-bond donors (Lipinski definition) is 0. The Hall–Kier alpha value is -2.10. The Morgan fingerprint density at radius 2 is 2.11 bits per heavy atom. The third-order valence-corrected chi connectivity index (χ3v) is 2.60. The molecule has 1 aliphatic rings. The van der Waals surface area contributed by atoms with Crippen LogP contribution in [-0.4, -0.2) is 28.6 Å². The fraction of sp³-hybridized carbons (Fsp3) is 0.333. The molecule has 0 bridgehead atoms. The van der Waals surface area contributed by atoms with E-state index in [1.54, 1.807) is 0 Å². The van der Waals surface area contributed by atoms with E-state index in [9.17, 15) is 4.79 Å². The van der Waals surface area contributed by atoms with Crippen molar-refractivity contribution in [2.45, 2.75) is 19.3 Å². The quantitative estimate of drug-likeness (QED) is 0.851. The predicted molar refractivity (Wildman–Crippen MR) is 74.2 cm³/mol. The predicted octanol–water partition coefficient (Wildman–Crippen LogP) is 2.10. The summed E-state index contributed by atoms with van der Waals surface area (Å²) in [6, 6.07) is 10.5. The number of benzene rings is 1. The molecule has 0 N–H and O–H groups in total. The van der Waals surface area contributed by atoms with E-state index in [2.05, 4.69) is 5.10 Å². The first-order valence-corrected chi connectivity index (χ1v) is 5.76. The zero-order valence-corrected chi connectivity index (χ0v) is 10.00. The Labute approximate surface area is 123 Å². The molecule has 1 aliphatic heterocycles. The van der Waals surface area contributed by atoms with Gasteiger partial charge in [-0.05, 0) is 11.9 Å². The minimum Gasteiger partial charge on any atom is -0.348 e. The molecule has 19 heavy (non-hydrogen) atoms. The molecule has 0 spiro atoms. The highest BCUT2D eigenvalue weighted by Gasteiger charge is 2.18. The van der Waals surface area contributed by atoms with Gasteiger partial charge in [0.1, 0.15) is 0 Å². The highest BCUT2D eigenvalue weighted by Crippen LogP contribution is 2.16. The molecule has 4 nitrogen and oxygen atoms in total. The van der Waals surface area contributed by atoms with Gasteiger partial charge in [-0.1, -0.05) is 30.3 Å². The van der Waals surface area contributed by atoms with E-state index in [-0.39, 0.29) is 10.7 Å². The fourth-order valence-electron chi connectivity index (χ4n) is 1.74. The normalized spacial score (nSPS) is 32.6. The molecule has 1 saturated heterocycles. The van der Waals surface area contributed by atoms with E-state index in [1.165, 1.54) is 16.9 Å². The summed E-state index contributed by atoms with van der Waals surface area (Å²) in [7, 11) is 0. The maximum Gasteiger partial charge on any atom is 0.152 e. The summed E-state index contributed by atoms with van der Waals surface area (Å²) in [5.41, 5.74) is 0.888. The number of ketones is 1. The molecule has 0 saturated carbocycles. The Morgan fingerprint density at radius 3 is 2.95 bits per heavy atom. The van der Waals surface area contributed by atoms with E-state index in [0.29, 0.717) is 6.54 Å². The molecule has 1 aromatic carbocycles. The topological polar surface area (TPSA) is 38.1 Å². The molecule has 1 aromatic heterocycles. The monoisotopic (exact) mass is 263 g/mol. The van der Waals surface area contributed by atoms with Crippen LogP contribution in [0.1, 0.15) is 29.3 Å². The number of piperidine rings is 1. The molecule has 4 heteroatoms. The molecule has 1 fully saturated rings. The van der Waals surface area contributed by atoms with Gasteiger partial charge < -0.3 is 4.90 Å². The molecular weight excluding hydrogens is 238 g/mol. The molecule has 0 unspecified atom stereocenters. The highest BCUT2D eigenvalue weighted by atomic mass is 16.1. The van der Waals surface area contributed by atoms with E-state index in [1.807, 2.05) is 30.3 Å². The summed E-state index contributed by atoms with van der Waals surface area (Å²) in [5, 5.41) is 4.09. The SMILES string of the molecule is [2H]C1([2H])C(=O)C([2H])([2H])C([2H])([2H])C([2H])([2H])N1c1ccn(Cc2ccccc2)n1. The van der Waals surface area contributed by atoms with E-state index in [0.717, 1.165) is 5.56 Å². The molecule has 2 aromatic rings. The first kappa shape index (κ1) is 5.90. The molecule has 3 rings (SSSR count). The number of nitrogens with zero attached hydrogens (tertiary/aromatic N) is 3. The Kier molecular flexibility index (Phi) is 1.64. The molecule has 98 valence electrons. The van der Waals surface area contributed by atoms with E-state index < -0.39 is 31.5 Å². The van der Waals surface area contributed by atoms with Gasteiger partial charge in [-0.25, -0.2) is 0 Å². The van der Waals surface area contributed by atoms with Gasteiger partial charge in [0, 0.05) is 33.4 Å². The van der Waals surface area contributed by atoms with Crippen LogP contribution in [0.5, 0.6) is 0 Å². The van der Waals surface area contributed by atoms with Crippen LogP contribution in [0.15, 0.2) is 42.6 Å². The largest absolute Gasteiger partial charge is 0.348 e. The number of carbonyl (C=O) groups excluding carboxylic acids is 1. The van der Waals surface area contributed by atoms with Crippen LogP contribution in [0.25, 0.3) is 0 Å². The molecule has 0 amide bonds. The van der Waals surface area contributed by atoms with Crippen molar-refractivity contribution >= 4 is 11.6 Å². The van der Waals surface area contributed by atoms with Crippen LogP contribution in [0, 0.1) is 0 Å². The van der Waals surface area contributed by atoms with Crippen LogP contribution in [0.3, 0.4) is 0 Å². The Morgan fingerprint density at radius 1 is 1.26 bits per heavy atom. The van der Waals surface area contributed by atoms with Gasteiger partial charge in [0.05, 0.1) is 15.8 Å². The first-order chi connectivity index (χ1) is 12.3. The number of carbonyl (C=O) groups is 1.